The van der Waals surface area contributed by atoms with Gasteiger partial charge in [0.1, 0.15) is 0 Å². The van der Waals surface area contributed by atoms with Crippen molar-refractivity contribution in [2.24, 2.45) is 0 Å². The van der Waals surface area contributed by atoms with E-state index >= 15 is 0 Å². The number of hydrogen-bond donors (Lipinski definition) is 2. The van der Waals surface area contributed by atoms with Crippen molar-refractivity contribution in [1.29, 1.82) is 0 Å². The topological polar surface area (TPSA) is 73.4 Å². The Hall–Kier alpha value is -3.84. The zero-order chi connectivity index (χ0) is 29.4. The van der Waals surface area contributed by atoms with E-state index in [1.807, 2.05) is 26.0 Å². The Morgan fingerprint density at radius 3 is 2.17 bits per heavy atom. The molecule has 3 heterocycles. The molecule has 0 unspecified atom stereocenters. The Morgan fingerprint density at radius 2 is 1.56 bits per heavy atom. The van der Waals surface area contributed by atoms with E-state index in [4.69, 9.17) is 0 Å². The Balaban J connectivity index is 1.47. The highest BCUT2D eigenvalue weighted by Gasteiger charge is 2.21. The van der Waals surface area contributed by atoms with Crippen molar-refractivity contribution in [2.45, 2.75) is 67.1 Å². The van der Waals surface area contributed by atoms with Crippen LogP contribution in [0.15, 0.2) is 53.5 Å². The maximum absolute atomic E-state index is 13.7. The van der Waals surface area contributed by atoms with Gasteiger partial charge in [-0.15, -0.1) is 0 Å². The lowest BCUT2D eigenvalue weighted by molar-refractivity contribution is 0.0952. The Labute approximate surface area is 243 Å². The van der Waals surface area contributed by atoms with Crippen molar-refractivity contribution in [1.82, 2.24) is 19.8 Å². The predicted octanol–water partition coefficient (Wildman–Crippen LogP) is 5.96. The number of rotatable bonds is 7. The molecule has 1 saturated heterocycles. The van der Waals surface area contributed by atoms with Crippen LogP contribution in [0.5, 0.6) is 0 Å². The summed E-state index contributed by atoms with van der Waals surface area (Å²) in [5, 5.41) is 3.99. The highest BCUT2D eigenvalue weighted by atomic mass is 16.1. The van der Waals surface area contributed by atoms with E-state index in [0.717, 1.165) is 65.0 Å². The number of anilines is 1. The fraction of sp³-hybridized carbons (Fsp3) is 0.412. The standard InChI is InChI=1S/C34H43N5O2/c1-21(2)37-12-14-38(15-13-37)28-10-8-26(9-11-28)27-17-29(32-24(6)20-39(22(3)4)31(32)18-27)33(40)35-19-30-23(5)16-25(7)36-34(30)41/h8-11,16-18,20-22H,12-15,19H2,1-7H3,(H,35,40)(H,36,41). The second-order valence-electron chi connectivity index (χ2n) is 12.0. The molecule has 2 aromatic heterocycles. The largest absolute Gasteiger partial charge is 0.369 e. The summed E-state index contributed by atoms with van der Waals surface area (Å²) in [6.07, 6.45) is 2.13. The average molecular weight is 554 g/mol. The monoisotopic (exact) mass is 553 g/mol. The van der Waals surface area contributed by atoms with E-state index < -0.39 is 0 Å². The molecule has 1 fully saturated rings. The van der Waals surface area contributed by atoms with Crippen LogP contribution in [0.3, 0.4) is 0 Å². The third kappa shape index (κ3) is 5.82. The smallest absolute Gasteiger partial charge is 0.253 e. The minimum atomic E-state index is -0.180. The number of aryl methyl sites for hydroxylation is 3. The number of pyridine rings is 1. The van der Waals surface area contributed by atoms with E-state index in [9.17, 15) is 9.59 Å². The summed E-state index contributed by atoms with van der Waals surface area (Å²) in [5.74, 6) is -0.180. The third-order valence-electron chi connectivity index (χ3n) is 8.45. The number of nitrogens with zero attached hydrogens (tertiary/aromatic N) is 3. The summed E-state index contributed by atoms with van der Waals surface area (Å²) in [6.45, 7) is 19.0. The molecule has 7 nitrogen and oxygen atoms in total. The van der Waals surface area contributed by atoms with Crippen LogP contribution >= 0.6 is 0 Å². The molecule has 2 N–H and O–H groups in total. The SMILES string of the molecule is Cc1cc(C)c(CNC(=O)c2cc(-c3ccc(N4CCN(C(C)C)CC4)cc3)cc3c2c(C)cn3C(C)C)c(=O)[nH]1. The molecule has 1 aliphatic heterocycles. The normalized spacial score (nSPS) is 14.4. The zero-order valence-corrected chi connectivity index (χ0v) is 25.5. The molecule has 0 spiro atoms. The number of piperazine rings is 1. The third-order valence-corrected chi connectivity index (χ3v) is 8.45. The van der Waals surface area contributed by atoms with Gasteiger partial charge in [-0.3, -0.25) is 14.5 Å². The molecule has 5 rings (SSSR count). The Morgan fingerprint density at radius 1 is 0.878 bits per heavy atom. The Kier molecular flexibility index (Phi) is 8.09. The Bertz CT molecular complexity index is 1620. The van der Waals surface area contributed by atoms with Gasteiger partial charge < -0.3 is 19.8 Å². The number of amides is 1. The molecule has 41 heavy (non-hydrogen) atoms. The van der Waals surface area contributed by atoms with Crippen LogP contribution < -0.4 is 15.8 Å². The molecule has 2 aromatic carbocycles. The minimum Gasteiger partial charge on any atom is -0.369 e. The second-order valence-corrected chi connectivity index (χ2v) is 12.0. The first-order chi connectivity index (χ1) is 19.5. The highest BCUT2D eigenvalue weighted by molar-refractivity contribution is 6.09. The number of fused-ring (bicyclic) bond motifs is 1. The van der Waals surface area contributed by atoms with Gasteiger partial charge in [-0.05, 0) is 101 Å². The summed E-state index contributed by atoms with van der Waals surface area (Å²) in [6, 6.07) is 15.7. The summed E-state index contributed by atoms with van der Waals surface area (Å²) in [5.41, 5.74) is 8.15. The fourth-order valence-electron chi connectivity index (χ4n) is 6.09. The van der Waals surface area contributed by atoms with Gasteiger partial charge in [0.15, 0.2) is 0 Å². The van der Waals surface area contributed by atoms with Gasteiger partial charge in [-0.25, -0.2) is 0 Å². The molecular weight excluding hydrogens is 510 g/mol. The lowest BCUT2D eigenvalue weighted by Gasteiger charge is -2.38. The second kappa shape index (κ2) is 11.6. The maximum Gasteiger partial charge on any atom is 0.253 e. The number of carbonyl (C=O) groups excluding carboxylic acids is 1. The van der Waals surface area contributed by atoms with Crippen LogP contribution in [-0.4, -0.2) is 52.6 Å². The molecule has 0 saturated carbocycles. The van der Waals surface area contributed by atoms with E-state index in [1.54, 1.807) is 0 Å². The van der Waals surface area contributed by atoms with Crippen molar-refractivity contribution in [3.8, 4) is 11.1 Å². The summed E-state index contributed by atoms with van der Waals surface area (Å²) >= 11 is 0. The summed E-state index contributed by atoms with van der Waals surface area (Å²) < 4.78 is 2.24. The van der Waals surface area contributed by atoms with E-state index in [-0.39, 0.29) is 24.1 Å². The molecule has 7 heteroatoms. The van der Waals surface area contributed by atoms with Gasteiger partial charge in [0.25, 0.3) is 11.5 Å². The number of carbonyl (C=O) groups is 1. The van der Waals surface area contributed by atoms with Crippen LogP contribution in [0, 0.1) is 20.8 Å². The van der Waals surface area contributed by atoms with Crippen molar-refractivity contribution in [3.05, 3.63) is 87.0 Å². The number of H-pyrrole nitrogens is 1. The molecule has 1 amide bonds. The molecule has 1 aliphatic rings. The van der Waals surface area contributed by atoms with Crippen LogP contribution in [0.1, 0.15) is 66.5 Å². The van der Waals surface area contributed by atoms with Gasteiger partial charge in [-0.1, -0.05) is 12.1 Å². The van der Waals surface area contributed by atoms with Gasteiger partial charge in [0, 0.05) is 84.4 Å². The van der Waals surface area contributed by atoms with Gasteiger partial charge in [0.2, 0.25) is 0 Å². The number of aromatic amines is 1. The van der Waals surface area contributed by atoms with E-state index in [0.29, 0.717) is 17.2 Å². The molecule has 0 aliphatic carbocycles. The lowest BCUT2D eigenvalue weighted by Crippen LogP contribution is -2.48. The van der Waals surface area contributed by atoms with Gasteiger partial charge in [-0.2, -0.15) is 0 Å². The molecule has 0 atom stereocenters. The molecule has 0 radical (unpaired) electrons. The molecular formula is C34H43N5O2. The maximum atomic E-state index is 13.7. The van der Waals surface area contributed by atoms with Gasteiger partial charge >= 0.3 is 0 Å². The summed E-state index contributed by atoms with van der Waals surface area (Å²) in [4.78, 5) is 34.1. The van der Waals surface area contributed by atoms with Crippen molar-refractivity contribution in [3.63, 3.8) is 0 Å². The summed E-state index contributed by atoms with van der Waals surface area (Å²) in [7, 11) is 0. The van der Waals surface area contributed by atoms with E-state index in [1.165, 1.54) is 5.69 Å². The van der Waals surface area contributed by atoms with Crippen LogP contribution in [-0.2, 0) is 6.54 Å². The van der Waals surface area contributed by atoms with Crippen LogP contribution in [0.4, 0.5) is 5.69 Å². The zero-order valence-electron chi connectivity index (χ0n) is 25.5. The van der Waals surface area contributed by atoms with Crippen LogP contribution in [0.25, 0.3) is 22.0 Å². The number of aromatic nitrogens is 2. The lowest BCUT2D eigenvalue weighted by atomic mass is 9.97. The molecule has 4 aromatic rings. The quantitative estimate of drug-likeness (QED) is 0.296. The fourth-order valence-corrected chi connectivity index (χ4v) is 6.09. The highest BCUT2D eigenvalue weighted by Crippen LogP contribution is 2.34. The predicted molar refractivity (Wildman–Crippen MR) is 169 cm³/mol. The number of hydrogen-bond acceptors (Lipinski definition) is 4. The van der Waals surface area contributed by atoms with Gasteiger partial charge in [0.05, 0.1) is 0 Å². The number of benzene rings is 2. The van der Waals surface area contributed by atoms with Crippen molar-refractivity contribution < 1.29 is 4.79 Å². The first-order valence-corrected chi connectivity index (χ1v) is 14.8. The van der Waals surface area contributed by atoms with E-state index in [2.05, 4.69) is 95.8 Å². The average Bonchev–Trinajstić information content (AvgIpc) is 3.28. The van der Waals surface area contributed by atoms with Crippen molar-refractivity contribution >= 4 is 22.5 Å². The van der Waals surface area contributed by atoms with Crippen molar-refractivity contribution in [2.75, 3.05) is 31.1 Å². The molecule has 0 bridgehead atoms. The number of nitrogens with one attached hydrogen (secondary N) is 2. The minimum absolute atomic E-state index is 0.158. The first kappa shape index (κ1) is 28.7. The van der Waals surface area contributed by atoms with Crippen LogP contribution in [0.2, 0.25) is 0 Å². The molecule has 216 valence electrons. The first-order valence-electron chi connectivity index (χ1n) is 14.8.